The third-order valence-corrected chi connectivity index (χ3v) is 7.21. The summed E-state index contributed by atoms with van der Waals surface area (Å²) in [6.07, 6.45) is 0. The number of carbonyl (C=O) groups is 1. The molecule has 0 fully saturated rings. The van der Waals surface area contributed by atoms with E-state index in [0.29, 0.717) is 24.2 Å². The number of aryl methyl sites for hydroxylation is 1. The van der Waals surface area contributed by atoms with Gasteiger partial charge in [-0.25, -0.2) is 0 Å². The molecule has 1 unspecified atom stereocenters. The van der Waals surface area contributed by atoms with Crippen LogP contribution < -0.4 is 21.9 Å². The molecule has 3 aromatic rings. The maximum absolute atomic E-state index is 13.4. The van der Waals surface area contributed by atoms with Crippen molar-refractivity contribution in [1.29, 1.82) is 0 Å². The minimum Gasteiger partial charge on any atom is -0.373 e. The molecule has 1 aromatic heterocycles. The highest BCUT2D eigenvalue weighted by atomic mass is 79.9. The lowest BCUT2D eigenvalue weighted by Gasteiger charge is -2.34. The molecular weight excluding hydrogens is 441 g/mol. The van der Waals surface area contributed by atoms with E-state index in [1.165, 1.54) is 0 Å². The van der Waals surface area contributed by atoms with Crippen LogP contribution in [0.2, 0.25) is 0 Å². The lowest BCUT2D eigenvalue weighted by molar-refractivity contribution is 0.0336. The van der Waals surface area contributed by atoms with Crippen molar-refractivity contribution < 1.29 is 9.53 Å². The quantitative estimate of drug-likeness (QED) is 0.483. The third-order valence-electron chi connectivity index (χ3n) is 6.35. The summed E-state index contributed by atoms with van der Waals surface area (Å²) in [4.78, 5) is 30.8. The lowest BCUT2D eigenvalue weighted by Crippen LogP contribution is -2.41. The van der Waals surface area contributed by atoms with Crippen molar-refractivity contribution in [2.45, 2.75) is 19.6 Å². The van der Waals surface area contributed by atoms with Gasteiger partial charge in [0.15, 0.2) is 0 Å². The normalized spacial score (nSPS) is 15.8. The number of likely N-dealkylation sites (N-methyl/N-ethyl adjacent to an activating group) is 1. The molecule has 0 saturated carbocycles. The molecule has 1 aliphatic rings. The van der Waals surface area contributed by atoms with Crippen LogP contribution in [0.5, 0.6) is 0 Å². The van der Waals surface area contributed by atoms with E-state index < -0.39 is 0 Å². The van der Waals surface area contributed by atoms with Crippen molar-refractivity contribution in [3.8, 4) is 0 Å². The number of pyridine rings is 1. The van der Waals surface area contributed by atoms with Gasteiger partial charge in [0.05, 0.1) is 19.3 Å². The minimum atomic E-state index is -0.286. The van der Waals surface area contributed by atoms with Gasteiger partial charge in [-0.2, -0.15) is 0 Å². The van der Waals surface area contributed by atoms with Crippen LogP contribution in [0.3, 0.4) is 0 Å². The number of hydrogen-bond donors (Lipinski definition) is 1. The van der Waals surface area contributed by atoms with Crippen LogP contribution in [0, 0.1) is 6.92 Å². The Balaban J connectivity index is 1.86. The molecule has 1 amide bonds. The number of benzene rings is 2. The van der Waals surface area contributed by atoms with Crippen molar-refractivity contribution in [2.24, 2.45) is 0 Å². The molecular formula is C21H22B3BrN2O3. The van der Waals surface area contributed by atoms with E-state index in [0.717, 1.165) is 43.1 Å². The van der Waals surface area contributed by atoms with Gasteiger partial charge in [-0.3, -0.25) is 9.59 Å². The number of fused-ring (bicyclic) bond motifs is 3. The zero-order valence-electron chi connectivity index (χ0n) is 17.9. The van der Waals surface area contributed by atoms with Crippen LogP contribution in [0.15, 0.2) is 33.5 Å². The number of nitrogens with one attached hydrogen (secondary N) is 1. The standard InChI is InChI=1S/C21H22B3BrN2O3/c1-9-5-12-11(6-13(9)22)17-15(26-20(12)28)7-30-8-16(17)27(2)21(29)10-3-4-14(25)19(24)18(10)23/h3-6,16H,7-8,22-24H2,1-2H3,(H,26,28). The fourth-order valence-corrected chi connectivity index (χ4v) is 4.60. The Bertz CT molecular complexity index is 1260. The van der Waals surface area contributed by atoms with Gasteiger partial charge >= 0.3 is 0 Å². The van der Waals surface area contributed by atoms with E-state index in [1.54, 1.807) is 11.9 Å². The summed E-state index contributed by atoms with van der Waals surface area (Å²) in [5.74, 6) is -0.0623. The first kappa shape index (κ1) is 21.0. The van der Waals surface area contributed by atoms with Gasteiger partial charge in [0.25, 0.3) is 11.5 Å². The van der Waals surface area contributed by atoms with Crippen molar-refractivity contribution in [1.82, 2.24) is 9.88 Å². The summed E-state index contributed by atoms with van der Waals surface area (Å²) in [5.41, 5.74) is 6.47. The Kier molecular flexibility index (Phi) is 5.45. The van der Waals surface area contributed by atoms with Crippen LogP contribution in [0.1, 0.15) is 33.2 Å². The fourth-order valence-electron chi connectivity index (χ4n) is 4.17. The van der Waals surface area contributed by atoms with Crippen molar-refractivity contribution >= 4 is 72.5 Å². The number of hydrogen-bond acceptors (Lipinski definition) is 3. The number of H-pyrrole nitrogens is 1. The molecule has 5 nitrogen and oxygen atoms in total. The molecule has 0 aliphatic carbocycles. The predicted molar refractivity (Wildman–Crippen MR) is 132 cm³/mol. The molecule has 30 heavy (non-hydrogen) atoms. The fraction of sp³-hybridized carbons (Fsp3) is 0.238. The molecule has 0 saturated heterocycles. The molecule has 4 rings (SSSR count). The second-order valence-corrected chi connectivity index (χ2v) is 8.97. The second kappa shape index (κ2) is 7.78. The van der Waals surface area contributed by atoms with Crippen LogP contribution >= 0.6 is 15.9 Å². The van der Waals surface area contributed by atoms with Crippen LogP contribution in [0.4, 0.5) is 0 Å². The molecule has 150 valence electrons. The summed E-state index contributed by atoms with van der Waals surface area (Å²) < 4.78 is 6.76. The smallest absolute Gasteiger partial charge is 0.256 e. The zero-order valence-corrected chi connectivity index (χ0v) is 19.4. The van der Waals surface area contributed by atoms with Gasteiger partial charge in [-0.15, -0.1) is 0 Å². The third kappa shape index (κ3) is 3.34. The van der Waals surface area contributed by atoms with E-state index in [1.807, 2.05) is 48.7 Å². The highest BCUT2D eigenvalue weighted by Crippen LogP contribution is 2.33. The number of carbonyl (C=O) groups excluding carboxylic acids is 1. The largest absolute Gasteiger partial charge is 0.373 e. The highest BCUT2D eigenvalue weighted by Gasteiger charge is 2.31. The van der Waals surface area contributed by atoms with Gasteiger partial charge < -0.3 is 14.6 Å². The van der Waals surface area contributed by atoms with Gasteiger partial charge in [-0.1, -0.05) is 43.9 Å². The monoisotopic (exact) mass is 462 g/mol. The molecule has 1 atom stereocenters. The molecule has 0 radical (unpaired) electrons. The maximum Gasteiger partial charge on any atom is 0.256 e. The summed E-state index contributed by atoms with van der Waals surface area (Å²) >= 11 is 3.53. The topological polar surface area (TPSA) is 62.4 Å². The SMILES string of the molecule is Bc1cc2c3c([nH]c(=O)c2cc1C)COCC3N(C)C(=O)c1ccc(Br)c(B)c1B. The van der Waals surface area contributed by atoms with Gasteiger partial charge in [0.2, 0.25) is 0 Å². The molecule has 0 bridgehead atoms. The van der Waals surface area contributed by atoms with Gasteiger partial charge in [0.1, 0.15) is 23.5 Å². The van der Waals surface area contributed by atoms with E-state index in [2.05, 4.69) is 27.0 Å². The van der Waals surface area contributed by atoms with Crippen LogP contribution in [0.25, 0.3) is 10.8 Å². The van der Waals surface area contributed by atoms with E-state index >= 15 is 0 Å². The Labute approximate surface area is 186 Å². The van der Waals surface area contributed by atoms with Crippen molar-refractivity contribution in [3.05, 3.63) is 61.5 Å². The highest BCUT2D eigenvalue weighted by molar-refractivity contribution is 9.10. The average molecular weight is 463 g/mol. The Hall–Kier alpha value is -2.25. The maximum atomic E-state index is 13.4. The first-order valence-corrected chi connectivity index (χ1v) is 10.8. The van der Waals surface area contributed by atoms with Gasteiger partial charge in [0, 0.05) is 33.7 Å². The predicted octanol–water partition coefficient (Wildman–Crippen LogP) is -1.28. The van der Waals surface area contributed by atoms with E-state index in [4.69, 9.17) is 4.74 Å². The number of amides is 1. The van der Waals surface area contributed by atoms with Gasteiger partial charge in [-0.05, 0) is 30.5 Å². The molecule has 2 aromatic carbocycles. The Morgan fingerprint density at radius 2 is 1.93 bits per heavy atom. The van der Waals surface area contributed by atoms with Crippen LogP contribution in [-0.4, -0.2) is 53.0 Å². The van der Waals surface area contributed by atoms with Crippen molar-refractivity contribution in [3.63, 3.8) is 0 Å². The molecule has 9 heteroatoms. The number of rotatable bonds is 2. The van der Waals surface area contributed by atoms with Crippen molar-refractivity contribution in [2.75, 3.05) is 13.7 Å². The summed E-state index contributed by atoms with van der Waals surface area (Å²) in [5, 5.41) is 1.55. The zero-order chi connectivity index (χ0) is 21.7. The first-order valence-electron chi connectivity index (χ1n) is 9.97. The summed E-state index contributed by atoms with van der Waals surface area (Å²) in [7, 11) is 7.81. The number of ether oxygens (including phenoxy) is 1. The Morgan fingerprint density at radius 1 is 1.20 bits per heavy atom. The molecule has 0 spiro atoms. The van der Waals surface area contributed by atoms with E-state index in [-0.39, 0.29) is 17.5 Å². The van der Waals surface area contributed by atoms with Crippen LogP contribution in [-0.2, 0) is 11.3 Å². The minimum absolute atomic E-state index is 0.0623. The first-order chi connectivity index (χ1) is 14.2. The summed E-state index contributed by atoms with van der Waals surface area (Å²) in [6, 6.07) is 7.47. The molecule has 2 heterocycles. The summed E-state index contributed by atoms with van der Waals surface area (Å²) in [6.45, 7) is 2.73. The number of nitrogens with zero attached hydrogens (tertiary/aromatic N) is 1. The van der Waals surface area contributed by atoms with E-state index in [9.17, 15) is 9.59 Å². The second-order valence-electron chi connectivity index (χ2n) is 8.12. The number of aromatic nitrogens is 1. The number of halogens is 1. The molecule has 1 N–H and O–H groups in total. The average Bonchev–Trinajstić information content (AvgIpc) is 2.72. The Morgan fingerprint density at radius 3 is 2.67 bits per heavy atom. The number of aromatic amines is 1. The lowest BCUT2D eigenvalue weighted by atomic mass is 9.77. The molecule has 1 aliphatic heterocycles.